The molecule has 8 heavy (non-hydrogen) atoms. The van der Waals surface area contributed by atoms with Gasteiger partial charge in [0.05, 0.1) is 12.5 Å². The first kappa shape index (κ1) is 7.21. The van der Waals surface area contributed by atoms with Gasteiger partial charge < -0.3 is 10.0 Å². The van der Waals surface area contributed by atoms with Gasteiger partial charge in [-0.1, -0.05) is 12.1 Å². The van der Waals surface area contributed by atoms with Crippen LogP contribution < -0.4 is 0 Å². The monoisotopic (exact) mass is 111 g/mol. The van der Waals surface area contributed by atoms with Crippen molar-refractivity contribution in [3.05, 3.63) is 12.1 Å². The number of allylic oxidation sites excluding steroid dienone is 1. The van der Waals surface area contributed by atoms with E-state index in [4.69, 9.17) is 15.3 Å². The molecule has 0 bridgehead atoms. The zero-order valence-corrected chi connectivity index (χ0v) is 4.28. The lowest BCUT2D eigenvalue weighted by Crippen LogP contribution is -2.05. The van der Waals surface area contributed by atoms with Gasteiger partial charge in [0.1, 0.15) is 0 Å². The van der Waals surface area contributed by atoms with Crippen molar-refractivity contribution < 1.29 is 10.0 Å². The molecule has 4 heteroatoms. The Morgan fingerprint density at radius 2 is 2.25 bits per heavy atom. The van der Waals surface area contributed by atoms with Crippen LogP contribution >= 0.6 is 0 Å². The van der Waals surface area contributed by atoms with Crippen LogP contribution in [0.1, 0.15) is 6.42 Å². The Morgan fingerprint density at radius 1 is 1.62 bits per heavy atom. The summed E-state index contributed by atoms with van der Waals surface area (Å²) in [6.07, 6.45) is 1.61. The molecule has 0 amide bonds. The average Bonchev–Trinajstić information content (AvgIpc) is 1.66. The third-order valence-corrected chi connectivity index (χ3v) is 0.517. The first-order chi connectivity index (χ1) is 3.77. The number of nitriles is 1. The summed E-state index contributed by atoms with van der Waals surface area (Å²) in [4.78, 5) is 0. The molecule has 0 aromatic rings. The van der Waals surface area contributed by atoms with E-state index in [1.54, 1.807) is 0 Å². The SMILES string of the molecule is N#CCC=CB(O)O. The summed E-state index contributed by atoms with van der Waals surface area (Å²) in [5, 5.41) is 24.2. The Labute approximate surface area is 48.0 Å². The Hall–Kier alpha value is -0.785. The number of nitrogens with zero attached hydrogens (tertiary/aromatic N) is 1. The third-order valence-electron chi connectivity index (χ3n) is 0.517. The van der Waals surface area contributed by atoms with Crippen molar-refractivity contribution in [2.75, 3.05) is 0 Å². The van der Waals surface area contributed by atoms with Crippen LogP contribution in [-0.4, -0.2) is 17.2 Å². The summed E-state index contributed by atoms with van der Waals surface area (Å²) in [5.74, 6) is 1.14. The van der Waals surface area contributed by atoms with Gasteiger partial charge in [-0.25, -0.2) is 0 Å². The van der Waals surface area contributed by atoms with Gasteiger partial charge >= 0.3 is 7.12 Å². The highest BCUT2D eigenvalue weighted by atomic mass is 16.4. The molecule has 0 heterocycles. The fraction of sp³-hybridized carbons (Fsp3) is 0.250. The van der Waals surface area contributed by atoms with E-state index >= 15 is 0 Å². The van der Waals surface area contributed by atoms with Crippen LogP contribution in [0.5, 0.6) is 0 Å². The minimum atomic E-state index is -1.43. The van der Waals surface area contributed by atoms with E-state index in [9.17, 15) is 0 Å². The minimum Gasteiger partial charge on any atom is -0.424 e. The molecular weight excluding hydrogens is 105 g/mol. The molecule has 0 fully saturated rings. The van der Waals surface area contributed by atoms with Crippen molar-refractivity contribution in [3.63, 3.8) is 0 Å². The molecule has 0 radical (unpaired) electrons. The lowest BCUT2D eigenvalue weighted by atomic mass is 9.91. The second kappa shape index (κ2) is 4.38. The summed E-state index contributed by atoms with van der Waals surface area (Å²) in [6.45, 7) is 0. The molecule has 0 aromatic carbocycles. The molecule has 0 aliphatic rings. The molecule has 0 aliphatic carbocycles. The lowest BCUT2D eigenvalue weighted by Gasteiger charge is -1.80. The number of hydrogen-bond acceptors (Lipinski definition) is 3. The Balaban J connectivity index is 3.23. The molecular formula is C4H6BNO2. The molecule has 0 unspecified atom stereocenters. The number of rotatable bonds is 2. The minimum absolute atomic E-state index is 0.220. The van der Waals surface area contributed by atoms with Gasteiger partial charge in [-0.05, 0) is 0 Å². The van der Waals surface area contributed by atoms with Crippen molar-refractivity contribution in [2.24, 2.45) is 0 Å². The fourth-order valence-corrected chi connectivity index (χ4v) is 0.242. The molecule has 0 saturated carbocycles. The van der Waals surface area contributed by atoms with Crippen molar-refractivity contribution >= 4 is 7.12 Å². The van der Waals surface area contributed by atoms with Gasteiger partial charge in [-0.3, -0.25) is 0 Å². The summed E-state index contributed by atoms with van der Waals surface area (Å²) in [6, 6.07) is 1.81. The molecule has 0 aliphatic heterocycles. The number of hydrogen-bond donors (Lipinski definition) is 2. The summed E-state index contributed by atoms with van der Waals surface area (Å²) in [7, 11) is -1.43. The molecule has 0 spiro atoms. The Kier molecular flexibility index (Phi) is 3.95. The molecule has 0 atom stereocenters. The normalized spacial score (nSPS) is 9.12. The van der Waals surface area contributed by atoms with E-state index in [-0.39, 0.29) is 6.42 Å². The van der Waals surface area contributed by atoms with Crippen LogP contribution in [0.15, 0.2) is 12.1 Å². The van der Waals surface area contributed by atoms with Crippen LogP contribution in [-0.2, 0) is 0 Å². The van der Waals surface area contributed by atoms with Crippen molar-refractivity contribution in [1.82, 2.24) is 0 Å². The quantitative estimate of drug-likeness (QED) is 0.470. The Morgan fingerprint density at radius 3 is 2.62 bits per heavy atom. The van der Waals surface area contributed by atoms with Crippen molar-refractivity contribution in [3.8, 4) is 6.07 Å². The summed E-state index contributed by atoms with van der Waals surface area (Å²) < 4.78 is 0. The highest BCUT2D eigenvalue weighted by Crippen LogP contribution is 1.78. The van der Waals surface area contributed by atoms with Crippen LogP contribution in [0.25, 0.3) is 0 Å². The van der Waals surface area contributed by atoms with E-state index < -0.39 is 7.12 Å². The van der Waals surface area contributed by atoms with E-state index in [1.165, 1.54) is 6.08 Å². The van der Waals surface area contributed by atoms with E-state index in [2.05, 4.69) is 0 Å². The van der Waals surface area contributed by atoms with Gasteiger partial charge in [0, 0.05) is 0 Å². The Bertz CT molecular complexity index is 116. The van der Waals surface area contributed by atoms with Gasteiger partial charge in [-0.2, -0.15) is 5.26 Å². The maximum Gasteiger partial charge on any atom is 0.480 e. The van der Waals surface area contributed by atoms with E-state index in [1.807, 2.05) is 6.07 Å². The summed E-state index contributed by atoms with van der Waals surface area (Å²) in [5.41, 5.74) is 0. The van der Waals surface area contributed by atoms with Crippen molar-refractivity contribution in [1.29, 1.82) is 5.26 Å². The van der Waals surface area contributed by atoms with Crippen LogP contribution in [0.3, 0.4) is 0 Å². The average molecular weight is 111 g/mol. The van der Waals surface area contributed by atoms with E-state index in [0.717, 1.165) is 5.98 Å². The molecule has 42 valence electrons. The smallest absolute Gasteiger partial charge is 0.424 e. The van der Waals surface area contributed by atoms with E-state index in [0.29, 0.717) is 0 Å². The van der Waals surface area contributed by atoms with Gasteiger partial charge in [-0.15, -0.1) is 0 Å². The lowest BCUT2D eigenvalue weighted by molar-refractivity contribution is 0.424. The maximum atomic E-state index is 8.14. The largest absolute Gasteiger partial charge is 0.480 e. The van der Waals surface area contributed by atoms with Crippen LogP contribution in [0.4, 0.5) is 0 Å². The highest BCUT2D eigenvalue weighted by molar-refractivity contribution is 6.47. The van der Waals surface area contributed by atoms with Gasteiger partial charge in [0.15, 0.2) is 0 Å². The van der Waals surface area contributed by atoms with Crippen LogP contribution in [0.2, 0.25) is 0 Å². The van der Waals surface area contributed by atoms with Crippen LogP contribution in [0, 0.1) is 11.3 Å². The highest BCUT2D eigenvalue weighted by Gasteiger charge is 1.95. The first-order valence-corrected chi connectivity index (χ1v) is 2.17. The summed E-state index contributed by atoms with van der Waals surface area (Å²) >= 11 is 0. The standard InChI is InChI=1S/C4H6BNO2/c6-4-2-1-3-5(7)8/h1,3,7-8H,2H2. The topological polar surface area (TPSA) is 64.2 Å². The molecule has 0 aromatic heterocycles. The maximum absolute atomic E-state index is 8.14. The van der Waals surface area contributed by atoms with Gasteiger partial charge in [0.2, 0.25) is 0 Å². The molecule has 0 rings (SSSR count). The molecule has 0 saturated heterocycles. The first-order valence-electron chi connectivity index (χ1n) is 2.17. The van der Waals surface area contributed by atoms with Gasteiger partial charge in [0.25, 0.3) is 0 Å². The zero-order valence-electron chi connectivity index (χ0n) is 4.28. The third kappa shape index (κ3) is 5.21. The molecule has 3 nitrogen and oxygen atoms in total. The zero-order chi connectivity index (χ0) is 6.41. The predicted molar refractivity (Wildman–Crippen MR) is 29.6 cm³/mol. The predicted octanol–water partition coefficient (Wildman–Crippen LogP) is -0.532. The fourth-order valence-electron chi connectivity index (χ4n) is 0.242. The second-order valence-corrected chi connectivity index (χ2v) is 1.20. The molecule has 2 N–H and O–H groups in total. The van der Waals surface area contributed by atoms with Crippen molar-refractivity contribution in [2.45, 2.75) is 6.42 Å². The second-order valence-electron chi connectivity index (χ2n) is 1.20.